The maximum Gasteiger partial charge on any atom is 0.338 e. The van der Waals surface area contributed by atoms with Crippen LogP contribution >= 0.6 is 11.8 Å². The van der Waals surface area contributed by atoms with Crippen molar-refractivity contribution in [1.29, 1.82) is 0 Å². The van der Waals surface area contributed by atoms with Crippen molar-refractivity contribution in [3.63, 3.8) is 0 Å². The Hall–Kier alpha value is -1.88. The second-order valence-corrected chi connectivity index (χ2v) is 4.45. The Morgan fingerprint density at radius 1 is 1.39 bits per heavy atom. The molecule has 0 fully saturated rings. The quantitative estimate of drug-likeness (QED) is 0.840. The smallest absolute Gasteiger partial charge is 0.338 e. The van der Waals surface area contributed by atoms with Gasteiger partial charge in [-0.15, -0.1) is 11.8 Å². The highest BCUT2D eigenvalue weighted by Crippen LogP contribution is 2.20. The molecular formula is C13H12O4S. The maximum absolute atomic E-state index is 10.7. The Bertz CT molecular complexity index is 530. The van der Waals surface area contributed by atoms with Gasteiger partial charge >= 0.3 is 5.97 Å². The molecule has 0 aliphatic heterocycles. The second kappa shape index (κ2) is 5.64. The van der Waals surface area contributed by atoms with Gasteiger partial charge < -0.3 is 14.3 Å². The topological polar surface area (TPSA) is 59.7 Å². The van der Waals surface area contributed by atoms with Crippen molar-refractivity contribution in [3.05, 3.63) is 47.9 Å². The van der Waals surface area contributed by atoms with E-state index in [1.165, 1.54) is 12.3 Å². The van der Waals surface area contributed by atoms with Crippen LogP contribution in [-0.4, -0.2) is 17.3 Å². The Morgan fingerprint density at radius 3 is 2.67 bits per heavy atom. The second-order valence-electron chi connectivity index (χ2n) is 3.57. The molecule has 2 aromatic rings. The minimum atomic E-state index is -1.01. The molecule has 5 heteroatoms. The van der Waals surface area contributed by atoms with Gasteiger partial charge in [-0.1, -0.05) is 0 Å². The standard InChI is InChI=1S/C13H12O4S/c1-18-12-4-2-10(3-5-12)17-8-11-6-9(7-16-11)13(14)15/h2-7H,8H2,1H3,(H,14,15). The van der Waals surface area contributed by atoms with E-state index in [0.717, 1.165) is 10.6 Å². The Kier molecular flexibility index (Phi) is 3.94. The van der Waals surface area contributed by atoms with E-state index in [-0.39, 0.29) is 12.2 Å². The summed E-state index contributed by atoms with van der Waals surface area (Å²) in [6.07, 6.45) is 3.21. The van der Waals surface area contributed by atoms with Crippen LogP contribution in [0.3, 0.4) is 0 Å². The fourth-order valence-electron chi connectivity index (χ4n) is 1.39. The largest absolute Gasteiger partial charge is 0.486 e. The first-order chi connectivity index (χ1) is 8.69. The zero-order valence-corrected chi connectivity index (χ0v) is 10.6. The number of carboxylic acid groups (broad SMARTS) is 1. The summed E-state index contributed by atoms with van der Waals surface area (Å²) in [6, 6.07) is 9.12. The predicted octanol–water partition coefficient (Wildman–Crippen LogP) is 3.28. The van der Waals surface area contributed by atoms with Crippen LogP contribution in [0.2, 0.25) is 0 Å². The van der Waals surface area contributed by atoms with Crippen molar-refractivity contribution in [3.8, 4) is 5.75 Å². The zero-order chi connectivity index (χ0) is 13.0. The highest BCUT2D eigenvalue weighted by molar-refractivity contribution is 7.98. The first kappa shape index (κ1) is 12.6. The summed E-state index contributed by atoms with van der Waals surface area (Å²) >= 11 is 1.66. The van der Waals surface area contributed by atoms with Crippen molar-refractivity contribution in [1.82, 2.24) is 0 Å². The van der Waals surface area contributed by atoms with E-state index < -0.39 is 5.97 Å². The average molecular weight is 264 g/mol. The lowest BCUT2D eigenvalue weighted by molar-refractivity contribution is 0.0696. The van der Waals surface area contributed by atoms with E-state index in [2.05, 4.69) is 0 Å². The van der Waals surface area contributed by atoms with Gasteiger partial charge in [0.1, 0.15) is 24.4 Å². The summed E-state index contributed by atoms with van der Waals surface area (Å²) in [4.78, 5) is 11.8. The average Bonchev–Trinajstić information content (AvgIpc) is 2.86. The van der Waals surface area contributed by atoms with E-state index in [0.29, 0.717) is 5.76 Å². The molecule has 1 aromatic heterocycles. The fraction of sp³-hybridized carbons (Fsp3) is 0.154. The monoisotopic (exact) mass is 264 g/mol. The van der Waals surface area contributed by atoms with Crippen LogP contribution in [0.15, 0.2) is 45.9 Å². The van der Waals surface area contributed by atoms with E-state index in [9.17, 15) is 4.79 Å². The number of carbonyl (C=O) groups is 1. The number of carboxylic acids is 1. The van der Waals surface area contributed by atoms with Crippen molar-refractivity contribution < 1.29 is 19.1 Å². The number of ether oxygens (including phenoxy) is 1. The van der Waals surface area contributed by atoms with E-state index in [4.69, 9.17) is 14.3 Å². The lowest BCUT2D eigenvalue weighted by Gasteiger charge is -2.04. The summed E-state index contributed by atoms with van der Waals surface area (Å²) in [6.45, 7) is 0.214. The minimum Gasteiger partial charge on any atom is -0.486 e. The number of thioether (sulfide) groups is 1. The van der Waals surface area contributed by atoms with Gasteiger partial charge in [0.15, 0.2) is 0 Å². The van der Waals surface area contributed by atoms with Gasteiger partial charge in [0, 0.05) is 4.90 Å². The molecule has 1 heterocycles. The van der Waals surface area contributed by atoms with Crippen LogP contribution < -0.4 is 4.74 Å². The number of hydrogen-bond acceptors (Lipinski definition) is 4. The summed E-state index contributed by atoms with van der Waals surface area (Å²) in [5, 5.41) is 8.74. The molecule has 4 nitrogen and oxygen atoms in total. The molecule has 0 amide bonds. The molecule has 94 valence electrons. The molecule has 0 saturated carbocycles. The lowest BCUT2D eigenvalue weighted by atomic mass is 10.3. The predicted molar refractivity (Wildman–Crippen MR) is 68.2 cm³/mol. The summed E-state index contributed by atoms with van der Waals surface area (Å²) in [5.74, 6) is 0.205. The van der Waals surface area contributed by atoms with Gasteiger partial charge in [-0.2, -0.15) is 0 Å². The summed E-state index contributed by atoms with van der Waals surface area (Å²) < 4.78 is 10.6. The molecule has 0 aliphatic rings. The van der Waals surface area contributed by atoms with Crippen LogP contribution in [0.1, 0.15) is 16.1 Å². The molecule has 0 aliphatic carbocycles. The number of furan rings is 1. The van der Waals surface area contributed by atoms with E-state index in [1.54, 1.807) is 11.8 Å². The zero-order valence-electron chi connectivity index (χ0n) is 9.75. The Morgan fingerprint density at radius 2 is 2.11 bits per heavy atom. The van der Waals surface area contributed by atoms with Crippen LogP contribution in [0.25, 0.3) is 0 Å². The number of rotatable bonds is 5. The summed E-state index contributed by atoms with van der Waals surface area (Å²) in [5.41, 5.74) is 0.131. The fourth-order valence-corrected chi connectivity index (χ4v) is 1.80. The molecule has 0 saturated heterocycles. The molecule has 18 heavy (non-hydrogen) atoms. The van der Waals surface area contributed by atoms with Gasteiger partial charge in [-0.25, -0.2) is 4.79 Å². The van der Waals surface area contributed by atoms with Crippen molar-refractivity contribution in [2.45, 2.75) is 11.5 Å². The van der Waals surface area contributed by atoms with Crippen LogP contribution in [-0.2, 0) is 6.61 Å². The lowest BCUT2D eigenvalue weighted by Crippen LogP contribution is -1.95. The normalized spacial score (nSPS) is 10.3. The number of aromatic carboxylic acids is 1. The van der Waals surface area contributed by atoms with Crippen molar-refractivity contribution >= 4 is 17.7 Å². The molecule has 0 radical (unpaired) electrons. The third kappa shape index (κ3) is 3.07. The van der Waals surface area contributed by atoms with E-state index in [1.807, 2.05) is 30.5 Å². The third-order valence-corrected chi connectivity index (χ3v) is 3.08. The van der Waals surface area contributed by atoms with E-state index >= 15 is 0 Å². The molecule has 0 bridgehead atoms. The van der Waals surface area contributed by atoms with Crippen LogP contribution in [0.4, 0.5) is 0 Å². The van der Waals surface area contributed by atoms with Crippen LogP contribution in [0.5, 0.6) is 5.75 Å². The molecule has 0 atom stereocenters. The molecule has 2 rings (SSSR count). The SMILES string of the molecule is CSc1ccc(OCc2cc(C(=O)O)co2)cc1. The van der Waals surface area contributed by atoms with Crippen molar-refractivity contribution in [2.24, 2.45) is 0 Å². The molecule has 0 spiro atoms. The first-order valence-electron chi connectivity index (χ1n) is 5.26. The van der Waals surface area contributed by atoms with Gasteiger partial charge in [-0.3, -0.25) is 0 Å². The third-order valence-electron chi connectivity index (χ3n) is 2.34. The number of hydrogen-bond donors (Lipinski definition) is 1. The molecule has 1 N–H and O–H groups in total. The summed E-state index contributed by atoms with van der Waals surface area (Å²) in [7, 11) is 0. The first-order valence-corrected chi connectivity index (χ1v) is 6.49. The minimum absolute atomic E-state index is 0.131. The van der Waals surface area contributed by atoms with Gasteiger partial charge in [0.25, 0.3) is 0 Å². The molecule has 0 unspecified atom stereocenters. The Labute approximate surface area is 109 Å². The van der Waals surface area contributed by atoms with Gasteiger partial charge in [-0.05, 0) is 36.6 Å². The molecule has 1 aromatic carbocycles. The molecular weight excluding hydrogens is 252 g/mol. The highest BCUT2D eigenvalue weighted by atomic mass is 32.2. The van der Waals surface area contributed by atoms with Crippen molar-refractivity contribution in [2.75, 3.05) is 6.26 Å². The maximum atomic E-state index is 10.7. The van der Waals surface area contributed by atoms with Gasteiger partial charge in [0.2, 0.25) is 0 Å². The van der Waals surface area contributed by atoms with Gasteiger partial charge in [0.05, 0.1) is 5.56 Å². The Balaban J connectivity index is 1.95. The van der Waals surface area contributed by atoms with Crippen LogP contribution in [0, 0.1) is 0 Å². The number of benzene rings is 1. The highest BCUT2D eigenvalue weighted by Gasteiger charge is 2.08.